The maximum atomic E-state index is 12.6. The maximum absolute atomic E-state index is 12.6. The number of aryl methyl sites for hydroxylation is 1. The van der Waals surface area contributed by atoms with E-state index in [9.17, 15) is 19.2 Å². The minimum atomic E-state index is -1.07. The molecule has 1 aliphatic rings. The molecule has 3 aromatic carbocycles. The zero-order valence-corrected chi connectivity index (χ0v) is 18.4. The molecule has 0 spiro atoms. The van der Waals surface area contributed by atoms with Crippen molar-refractivity contribution in [2.75, 3.05) is 11.4 Å². The molecule has 3 aromatic rings. The summed E-state index contributed by atoms with van der Waals surface area (Å²) in [5.74, 6) is -1.71. The first-order chi connectivity index (χ1) is 16.3. The molecular weight excluding hydrogens is 434 g/mol. The Balaban J connectivity index is 0.000000212. The molecule has 34 heavy (non-hydrogen) atoms. The molecule has 0 atom stereocenters. The van der Waals surface area contributed by atoms with Crippen molar-refractivity contribution in [3.63, 3.8) is 0 Å². The average Bonchev–Trinajstić information content (AvgIpc) is 3.23. The second-order valence-electron chi connectivity index (χ2n) is 7.68. The number of amides is 2. The van der Waals surface area contributed by atoms with Crippen molar-refractivity contribution >= 4 is 29.3 Å². The largest absolute Gasteiger partial charge is 0.480 e. The number of nitrogens with two attached hydrogens (primary N) is 2. The number of carbonyl (C=O) groups is 4. The smallest absolute Gasteiger partial charge is 0.323 e. The number of hydrogen-bond acceptors (Lipinski definition) is 5. The predicted molar refractivity (Wildman–Crippen MR) is 128 cm³/mol. The molecule has 0 radical (unpaired) electrons. The second-order valence-corrected chi connectivity index (χ2v) is 7.68. The number of primary amides is 1. The number of anilines is 1. The van der Waals surface area contributed by atoms with Crippen LogP contribution in [-0.4, -0.2) is 35.2 Å². The van der Waals surface area contributed by atoms with Gasteiger partial charge in [0.05, 0.1) is 0 Å². The van der Waals surface area contributed by atoms with E-state index in [1.807, 2.05) is 12.1 Å². The van der Waals surface area contributed by atoms with Gasteiger partial charge in [0.2, 0.25) is 5.91 Å². The monoisotopic (exact) mass is 459 g/mol. The molecule has 4 rings (SSSR count). The highest BCUT2D eigenvalue weighted by atomic mass is 16.4. The summed E-state index contributed by atoms with van der Waals surface area (Å²) in [6.07, 6.45) is 1.28. The topological polar surface area (TPSA) is 144 Å². The van der Waals surface area contributed by atoms with Crippen LogP contribution in [0.5, 0.6) is 0 Å². The highest BCUT2D eigenvalue weighted by Crippen LogP contribution is 2.22. The average molecular weight is 460 g/mol. The molecule has 0 unspecified atom stereocenters. The standard InChI is InChI=1S/C16H16N2O3.C10H9NO2/c17-10-12-5-4-6-13(9-12)16(21)18(11-15(19)20)14-7-2-1-3-8-14;11-10(13)7-1-3-8-6(5-7)2-4-9(8)12/h1-9H,10-11,17H2,(H,19,20);1,3,5H,2,4H2,(H2,11,13). The zero-order valence-electron chi connectivity index (χ0n) is 18.4. The fourth-order valence-electron chi connectivity index (χ4n) is 3.62. The number of carbonyl (C=O) groups excluding carboxylic acids is 3. The van der Waals surface area contributed by atoms with E-state index in [0.29, 0.717) is 29.8 Å². The highest BCUT2D eigenvalue weighted by molar-refractivity contribution is 6.08. The predicted octanol–water partition coefficient (Wildman–Crippen LogP) is 2.79. The molecule has 8 nitrogen and oxygen atoms in total. The van der Waals surface area contributed by atoms with Crippen LogP contribution in [0.1, 0.15) is 48.6 Å². The Kier molecular flexibility index (Phi) is 7.89. The minimum absolute atomic E-state index is 0.158. The van der Waals surface area contributed by atoms with E-state index in [0.717, 1.165) is 23.1 Å². The van der Waals surface area contributed by atoms with E-state index in [1.54, 1.807) is 60.7 Å². The Morgan fingerprint density at radius 1 is 0.882 bits per heavy atom. The van der Waals surface area contributed by atoms with Gasteiger partial charge in [0.1, 0.15) is 6.54 Å². The Bertz CT molecular complexity index is 1220. The van der Waals surface area contributed by atoms with Crippen LogP contribution in [0.25, 0.3) is 0 Å². The van der Waals surface area contributed by atoms with Crippen molar-refractivity contribution in [1.82, 2.24) is 0 Å². The maximum Gasteiger partial charge on any atom is 0.323 e. The summed E-state index contributed by atoms with van der Waals surface area (Å²) < 4.78 is 0. The van der Waals surface area contributed by atoms with Gasteiger partial charge in [-0.05, 0) is 53.9 Å². The van der Waals surface area contributed by atoms with Crippen molar-refractivity contribution in [2.45, 2.75) is 19.4 Å². The van der Waals surface area contributed by atoms with E-state index in [1.165, 1.54) is 4.90 Å². The van der Waals surface area contributed by atoms with Gasteiger partial charge in [0.15, 0.2) is 5.78 Å². The number of hydrogen-bond donors (Lipinski definition) is 3. The van der Waals surface area contributed by atoms with Crippen LogP contribution >= 0.6 is 0 Å². The minimum Gasteiger partial charge on any atom is -0.480 e. The highest BCUT2D eigenvalue weighted by Gasteiger charge is 2.21. The van der Waals surface area contributed by atoms with Gasteiger partial charge in [-0.2, -0.15) is 0 Å². The van der Waals surface area contributed by atoms with Crippen LogP contribution in [0.4, 0.5) is 5.69 Å². The third kappa shape index (κ3) is 5.93. The molecule has 0 fully saturated rings. The number of nitrogens with zero attached hydrogens (tertiary/aromatic N) is 1. The SMILES string of the molecule is NC(=O)c1ccc2c(c1)CCC2=O.NCc1cccc(C(=O)N(CC(=O)O)c2ccccc2)c1. The number of ketones is 1. The zero-order chi connectivity index (χ0) is 24.7. The van der Waals surface area contributed by atoms with Gasteiger partial charge < -0.3 is 16.6 Å². The quantitative estimate of drug-likeness (QED) is 0.517. The lowest BCUT2D eigenvalue weighted by Crippen LogP contribution is -2.35. The van der Waals surface area contributed by atoms with Crippen molar-refractivity contribution in [1.29, 1.82) is 0 Å². The molecular formula is C26H25N3O5. The summed E-state index contributed by atoms with van der Waals surface area (Å²) in [6.45, 7) is -0.0684. The first-order valence-electron chi connectivity index (χ1n) is 10.6. The van der Waals surface area contributed by atoms with E-state index in [-0.39, 0.29) is 11.7 Å². The van der Waals surface area contributed by atoms with E-state index >= 15 is 0 Å². The molecule has 0 bridgehead atoms. The van der Waals surface area contributed by atoms with Crippen molar-refractivity contribution in [3.8, 4) is 0 Å². The van der Waals surface area contributed by atoms with Crippen LogP contribution in [0.15, 0.2) is 72.8 Å². The number of carboxylic acids is 1. The van der Waals surface area contributed by atoms with Gasteiger partial charge in [-0.25, -0.2) is 0 Å². The van der Waals surface area contributed by atoms with Gasteiger partial charge in [-0.3, -0.25) is 24.1 Å². The lowest BCUT2D eigenvalue weighted by Gasteiger charge is -2.21. The molecule has 1 aliphatic carbocycles. The Hall–Kier alpha value is -4.30. The van der Waals surface area contributed by atoms with Crippen molar-refractivity contribution in [3.05, 3.63) is 101 Å². The van der Waals surface area contributed by atoms with Gasteiger partial charge in [-0.1, -0.05) is 36.4 Å². The van der Waals surface area contributed by atoms with E-state index in [4.69, 9.17) is 16.6 Å². The third-order valence-electron chi connectivity index (χ3n) is 5.33. The van der Waals surface area contributed by atoms with Crippen LogP contribution in [0, 0.1) is 0 Å². The fourth-order valence-corrected chi connectivity index (χ4v) is 3.62. The summed E-state index contributed by atoms with van der Waals surface area (Å²) in [4.78, 5) is 46.9. The molecule has 0 aliphatic heterocycles. The first-order valence-corrected chi connectivity index (χ1v) is 10.6. The fraction of sp³-hybridized carbons (Fsp3) is 0.154. The summed E-state index contributed by atoms with van der Waals surface area (Å²) in [5.41, 5.74) is 14.6. The molecule has 0 heterocycles. The molecule has 5 N–H and O–H groups in total. The summed E-state index contributed by atoms with van der Waals surface area (Å²) >= 11 is 0. The molecule has 174 valence electrons. The summed E-state index contributed by atoms with van der Waals surface area (Å²) in [5, 5.41) is 9.03. The molecule has 0 saturated carbocycles. The number of fused-ring (bicyclic) bond motifs is 1. The van der Waals surface area contributed by atoms with E-state index in [2.05, 4.69) is 0 Å². The van der Waals surface area contributed by atoms with Crippen molar-refractivity contribution in [2.24, 2.45) is 11.5 Å². The van der Waals surface area contributed by atoms with Gasteiger partial charge >= 0.3 is 5.97 Å². The Morgan fingerprint density at radius 2 is 1.62 bits per heavy atom. The first kappa shape index (κ1) is 24.3. The van der Waals surface area contributed by atoms with Gasteiger partial charge in [-0.15, -0.1) is 0 Å². The van der Waals surface area contributed by atoms with Crippen LogP contribution in [-0.2, 0) is 17.8 Å². The molecule has 2 amide bonds. The van der Waals surface area contributed by atoms with Gasteiger partial charge in [0.25, 0.3) is 5.91 Å². The molecule has 0 aromatic heterocycles. The number of rotatable bonds is 6. The van der Waals surface area contributed by atoms with Crippen molar-refractivity contribution < 1.29 is 24.3 Å². The van der Waals surface area contributed by atoms with E-state index < -0.39 is 18.4 Å². The van der Waals surface area contributed by atoms with Crippen LogP contribution in [0.3, 0.4) is 0 Å². The lowest BCUT2D eigenvalue weighted by molar-refractivity contribution is -0.135. The number of carboxylic acid groups (broad SMARTS) is 1. The summed E-state index contributed by atoms with van der Waals surface area (Å²) in [6, 6.07) is 20.6. The number of benzene rings is 3. The lowest BCUT2D eigenvalue weighted by atomic mass is 10.1. The third-order valence-corrected chi connectivity index (χ3v) is 5.33. The normalized spacial score (nSPS) is 11.7. The number of aliphatic carboxylic acids is 1. The van der Waals surface area contributed by atoms with Crippen LogP contribution < -0.4 is 16.4 Å². The second kappa shape index (κ2) is 11.0. The van der Waals surface area contributed by atoms with Crippen LogP contribution in [0.2, 0.25) is 0 Å². The molecule has 8 heteroatoms. The number of Topliss-reactive ketones (excluding diaryl/α,β-unsaturated/α-hetero) is 1. The Labute approximate surface area is 196 Å². The molecule has 0 saturated heterocycles. The number of para-hydroxylation sites is 1. The summed E-state index contributed by atoms with van der Waals surface area (Å²) in [7, 11) is 0. The Morgan fingerprint density at radius 3 is 2.26 bits per heavy atom. The van der Waals surface area contributed by atoms with Gasteiger partial charge in [0, 0.05) is 35.3 Å².